The summed E-state index contributed by atoms with van der Waals surface area (Å²) in [6, 6.07) is 10.5. The van der Waals surface area contributed by atoms with Crippen LogP contribution in [0.3, 0.4) is 0 Å². The second-order valence-electron chi connectivity index (χ2n) is 24.2. The molecule has 4 amide bonds. The van der Waals surface area contributed by atoms with Gasteiger partial charge in [-0.05, 0) is 85.5 Å². The Bertz CT molecular complexity index is 2260. The number of nitrogens with zero attached hydrogens (tertiary/aromatic N) is 6. The monoisotopic (exact) mass is 1180 g/mol. The van der Waals surface area contributed by atoms with E-state index < -0.39 is 96.1 Å². The zero-order valence-electron chi connectivity index (χ0n) is 51.3. The molecule has 0 radical (unpaired) electrons. The van der Waals surface area contributed by atoms with Crippen LogP contribution in [0.15, 0.2) is 48.5 Å². The molecule has 2 aromatic rings. The van der Waals surface area contributed by atoms with E-state index in [0.29, 0.717) is 11.1 Å². The first-order valence-corrected chi connectivity index (χ1v) is 31.7. The van der Waals surface area contributed by atoms with Crippen LogP contribution in [0, 0.1) is 23.7 Å². The number of thioether (sulfide) groups is 2. The lowest BCUT2D eigenvalue weighted by Crippen LogP contribution is -2.55. The van der Waals surface area contributed by atoms with Crippen molar-refractivity contribution in [1.29, 1.82) is 0 Å². The molecule has 3 aliphatic rings. The van der Waals surface area contributed by atoms with Gasteiger partial charge in [-0.1, -0.05) is 104 Å². The number of carbonyl (C=O) groups excluding carboxylic acids is 8. The molecule has 0 bridgehead atoms. The molecular formula is C62H94N6O12S2. The molecule has 0 aromatic heterocycles. The summed E-state index contributed by atoms with van der Waals surface area (Å²) in [5.74, 6) is -2.86. The maximum absolute atomic E-state index is 15.0. The van der Waals surface area contributed by atoms with E-state index in [1.54, 1.807) is 0 Å². The van der Waals surface area contributed by atoms with E-state index in [0.717, 1.165) is 73.4 Å². The zero-order valence-corrected chi connectivity index (χ0v) is 52.9. The summed E-state index contributed by atoms with van der Waals surface area (Å²) >= 11 is 3.86. The largest absolute Gasteiger partial charge is 0.451 e. The second kappa shape index (κ2) is 32.2. The molecule has 82 heavy (non-hydrogen) atoms. The number of esters is 4. The standard InChI is InChI=1S/C62H94N6O12S2/c1-39(2)31-49-59(73)77-43(9)55(69)63(11)52(34-42(7)8)62(76)80-54(36-46-17-21-48(22-18-46)38-68-25-29-82-30-26-68)58(72)66(14)50(32-40(3)4)60(74)78-44(10)56(70)64(12)51(33-41(5)6)61(75)79-53(57(71)65(49)13)35-45-15-19-47(20-16-45)37-67-23-27-81-28-24-67/h15-22,39-44,49-54H,23-38H2,1-14H3/t43-,44-,49+,50+,51+,52+,53-,54-/m1/s1. The third kappa shape index (κ3) is 20.0. The van der Waals surface area contributed by atoms with Gasteiger partial charge in [-0.2, -0.15) is 23.5 Å². The zero-order chi connectivity index (χ0) is 60.5. The highest BCUT2D eigenvalue weighted by Gasteiger charge is 2.43. The lowest BCUT2D eigenvalue weighted by molar-refractivity contribution is -0.176. The fourth-order valence-electron chi connectivity index (χ4n) is 10.5. The molecule has 5 rings (SSSR count). The van der Waals surface area contributed by atoms with Gasteiger partial charge in [0, 0.05) is 103 Å². The molecule has 8 atom stereocenters. The number of ether oxygens (including phenoxy) is 4. The summed E-state index contributed by atoms with van der Waals surface area (Å²) in [5.41, 5.74) is 3.52. The van der Waals surface area contributed by atoms with Gasteiger partial charge in [-0.25, -0.2) is 19.2 Å². The molecule has 0 saturated carbocycles. The highest BCUT2D eigenvalue weighted by molar-refractivity contribution is 7.99. The number of amides is 4. The molecule has 3 heterocycles. The van der Waals surface area contributed by atoms with Crippen molar-refractivity contribution < 1.29 is 57.3 Å². The maximum atomic E-state index is 15.0. The highest BCUT2D eigenvalue weighted by atomic mass is 32.2. The van der Waals surface area contributed by atoms with Crippen LogP contribution in [0.1, 0.15) is 117 Å². The van der Waals surface area contributed by atoms with E-state index in [2.05, 4.69) is 9.80 Å². The first-order valence-electron chi connectivity index (χ1n) is 29.4. The van der Waals surface area contributed by atoms with Crippen LogP contribution in [0.4, 0.5) is 0 Å². The van der Waals surface area contributed by atoms with Crippen molar-refractivity contribution in [2.24, 2.45) is 23.7 Å². The fourth-order valence-corrected chi connectivity index (χ4v) is 12.5. The van der Waals surface area contributed by atoms with Crippen molar-refractivity contribution in [2.45, 2.75) is 169 Å². The molecule has 3 aliphatic heterocycles. The van der Waals surface area contributed by atoms with Gasteiger partial charge >= 0.3 is 23.9 Å². The number of hydrogen-bond donors (Lipinski definition) is 0. The van der Waals surface area contributed by atoms with Crippen molar-refractivity contribution in [2.75, 3.05) is 77.4 Å². The number of carbonyl (C=O) groups is 8. The van der Waals surface area contributed by atoms with Gasteiger partial charge in [0.1, 0.15) is 24.2 Å². The Kier molecular flexibility index (Phi) is 26.5. The molecule has 3 saturated heterocycles. The van der Waals surface area contributed by atoms with Gasteiger partial charge in [-0.3, -0.25) is 29.0 Å². The predicted octanol–water partition coefficient (Wildman–Crippen LogP) is 6.76. The molecular weight excluding hydrogens is 1080 g/mol. The van der Waals surface area contributed by atoms with E-state index >= 15 is 9.59 Å². The normalized spacial score (nSPS) is 25.7. The Morgan fingerprint density at radius 1 is 0.390 bits per heavy atom. The predicted molar refractivity (Wildman–Crippen MR) is 320 cm³/mol. The van der Waals surface area contributed by atoms with Gasteiger partial charge in [0.25, 0.3) is 23.6 Å². The number of cyclic esters (lactones) is 4. The first-order chi connectivity index (χ1) is 38.7. The van der Waals surface area contributed by atoms with Crippen molar-refractivity contribution in [1.82, 2.24) is 29.4 Å². The Hall–Kier alpha value is -5.18. The van der Waals surface area contributed by atoms with Crippen LogP contribution in [0.5, 0.6) is 0 Å². The number of benzene rings is 2. The fraction of sp³-hybridized carbons (Fsp3) is 0.677. The van der Waals surface area contributed by atoms with Crippen LogP contribution in [-0.2, 0) is 83.2 Å². The Morgan fingerprint density at radius 3 is 0.902 bits per heavy atom. The highest BCUT2D eigenvalue weighted by Crippen LogP contribution is 2.25. The van der Waals surface area contributed by atoms with Crippen molar-refractivity contribution in [3.05, 3.63) is 70.8 Å². The minimum Gasteiger partial charge on any atom is -0.451 e. The Morgan fingerprint density at radius 2 is 0.634 bits per heavy atom. The van der Waals surface area contributed by atoms with Gasteiger partial charge in [0.15, 0.2) is 24.4 Å². The van der Waals surface area contributed by atoms with Gasteiger partial charge < -0.3 is 38.5 Å². The molecule has 456 valence electrons. The Balaban J connectivity index is 1.57. The topological polar surface area (TPSA) is 193 Å². The summed E-state index contributed by atoms with van der Waals surface area (Å²) in [6.45, 7) is 23.2. The van der Waals surface area contributed by atoms with E-state index in [9.17, 15) is 28.8 Å². The lowest BCUT2D eigenvalue weighted by atomic mass is 9.99. The summed E-state index contributed by atoms with van der Waals surface area (Å²) in [5, 5.41) is 0. The third-order valence-corrected chi connectivity index (χ3v) is 17.3. The number of likely N-dealkylation sites (N-methyl/N-ethyl adjacent to an activating group) is 4. The smallest absolute Gasteiger partial charge is 0.329 e. The summed E-state index contributed by atoms with van der Waals surface area (Å²) in [4.78, 5) is 127. The molecule has 0 spiro atoms. The van der Waals surface area contributed by atoms with Gasteiger partial charge in [-0.15, -0.1) is 0 Å². The Labute approximate surface area is 496 Å². The van der Waals surface area contributed by atoms with Crippen molar-refractivity contribution in [3.8, 4) is 0 Å². The quantitative estimate of drug-likeness (QED) is 0.126. The lowest BCUT2D eigenvalue weighted by Gasteiger charge is -2.35. The molecule has 0 aliphatic carbocycles. The summed E-state index contributed by atoms with van der Waals surface area (Å²) in [7, 11) is 5.68. The SMILES string of the molecule is CC(C)C[C@H]1C(=O)O[C@H](Cc2ccc(CN3CCSCC3)cc2)C(=O)N(C)[C@@H](CC(C)C)C(=O)O[C@H](C)C(=O)N(C)[C@@H](CC(C)C)C(=O)O[C@H](Cc2ccc(CN3CCSCC3)cc2)C(=O)N(C)[C@@H](CC(C)C)C(=O)O[C@H](C)C(=O)N1C. The van der Waals surface area contributed by atoms with Crippen molar-refractivity contribution >= 4 is 71.0 Å². The summed E-state index contributed by atoms with van der Waals surface area (Å²) < 4.78 is 24.4. The third-order valence-electron chi connectivity index (χ3n) is 15.4. The van der Waals surface area contributed by atoms with Crippen LogP contribution in [0.2, 0.25) is 0 Å². The summed E-state index contributed by atoms with van der Waals surface area (Å²) in [6.07, 6.45) is -5.63. The van der Waals surface area contributed by atoms with Crippen LogP contribution < -0.4 is 0 Å². The van der Waals surface area contributed by atoms with E-state index in [4.69, 9.17) is 18.9 Å². The average Bonchev–Trinajstić information content (AvgIpc) is 3.49. The number of rotatable bonds is 16. The van der Waals surface area contributed by atoms with Crippen LogP contribution in [0.25, 0.3) is 0 Å². The van der Waals surface area contributed by atoms with Crippen LogP contribution >= 0.6 is 23.5 Å². The molecule has 20 heteroatoms. The van der Waals surface area contributed by atoms with Gasteiger partial charge in [0.2, 0.25) is 0 Å². The maximum Gasteiger partial charge on any atom is 0.329 e. The first kappa shape index (κ1) is 67.6. The van der Waals surface area contributed by atoms with Gasteiger partial charge in [0.05, 0.1) is 0 Å². The molecule has 18 nitrogen and oxygen atoms in total. The minimum absolute atomic E-state index is 0.0824. The minimum atomic E-state index is -1.49. The number of hydrogen-bond acceptors (Lipinski definition) is 16. The van der Waals surface area contributed by atoms with E-state index in [-0.39, 0.29) is 62.2 Å². The van der Waals surface area contributed by atoms with Crippen molar-refractivity contribution in [3.63, 3.8) is 0 Å². The second-order valence-corrected chi connectivity index (χ2v) is 26.7. The van der Waals surface area contributed by atoms with E-state index in [1.165, 1.54) is 61.6 Å². The van der Waals surface area contributed by atoms with Crippen LogP contribution in [-0.4, -0.2) is 203 Å². The molecule has 0 N–H and O–H groups in total. The van der Waals surface area contributed by atoms with E-state index in [1.807, 2.05) is 127 Å². The molecule has 3 fully saturated rings. The average molecular weight is 1180 g/mol. The molecule has 0 unspecified atom stereocenters. The molecule has 2 aromatic carbocycles.